The number of carbonyl (C=O) groups is 2. The fourth-order valence-electron chi connectivity index (χ4n) is 2.19. The van der Waals surface area contributed by atoms with E-state index in [1.165, 1.54) is 11.8 Å². The molecule has 0 aromatic heterocycles. The van der Waals surface area contributed by atoms with Crippen molar-refractivity contribution < 1.29 is 19.4 Å². The van der Waals surface area contributed by atoms with Crippen molar-refractivity contribution in [3.63, 3.8) is 0 Å². The highest BCUT2D eigenvalue weighted by atomic mass is 16.6. The van der Waals surface area contributed by atoms with Gasteiger partial charge in [0.15, 0.2) is 5.78 Å². The predicted molar refractivity (Wildman–Crippen MR) is 73.6 cm³/mol. The van der Waals surface area contributed by atoms with Gasteiger partial charge in [0.05, 0.1) is 12.1 Å². The fourth-order valence-corrected chi connectivity index (χ4v) is 2.19. The molecule has 1 amide bonds. The van der Waals surface area contributed by atoms with Gasteiger partial charge < -0.3 is 9.84 Å². The van der Waals surface area contributed by atoms with E-state index < -0.39 is 11.7 Å². The molecule has 1 aliphatic heterocycles. The zero-order chi connectivity index (χ0) is 15.1. The average molecular weight is 277 g/mol. The normalized spacial score (nSPS) is 14.1. The van der Waals surface area contributed by atoms with Gasteiger partial charge in [-0.15, -0.1) is 0 Å². The summed E-state index contributed by atoms with van der Waals surface area (Å²) in [6.45, 7) is 7.47. The van der Waals surface area contributed by atoms with Gasteiger partial charge in [-0.25, -0.2) is 4.79 Å². The Kier molecular flexibility index (Phi) is 3.46. The number of Topliss-reactive ketones (excluding diaryl/α,β-unsaturated/α-hetero) is 1. The van der Waals surface area contributed by atoms with Crippen LogP contribution in [0.2, 0.25) is 0 Å². The fraction of sp³-hybridized carbons (Fsp3) is 0.467. The van der Waals surface area contributed by atoms with E-state index in [2.05, 4.69) is 0 Å². The number of hydrogen-bond acceptors (Lipinski definition) is 4. The monoisotopic (exact) mass is 277 g/mol. The third-order valence-corrected chi connectivity index (χ3v) is 3.12. The van der Waals surface area contributed by atoms with Crippen molar-refractivity contribution in [2.75, 3.05) is 0 Å². The molecule has 5 heteroatoms. The van der Waals surface area contributed by atoms with E-state index in [9.17, 15) is 14.7 Å². The van der Waals surface area contributed by atoms with Gasteiger partial charge in [-0.05, 0) is 39.3 Å². The molecule has 0 bridgehead atoms. The van der Waals surface area contributed by atoms with E-state index in [-0.39, 0.29) is 23.6 Å². The summed E-state index contributed by atoms with van der Waals surface area (Å²) in [5.74, 6) is -0.220. The number of rotatable bonds is 1. The molecule has 1 aliphatic rings. The predicted octanol–water partition coefficient (Wildman–Crippen LogP) is 2.85. The number of nitrogens with zero attached hydrogens (tertiary/aromatic N) is 1. The van der Waals surface area contributed by atoms with Crippen LogP contribution in [0.5, 0.6) is 5.75 Å². The maximum absolute atomic E-state index is 12.0. The summed E-state index contributed by atoms with van der Waals surface area (Å²) in [6.07, 6.45) is -0.419. The number of carbonyl (C=O) groups excluding carboxylic acids is 2. The number of fused-ring (bicyclic) bond motifs is 1. The molecule has 1 heterocycles. The van der Waals surface area contributed by atoms with Crippen molar-refractivity contribution >= 4 is 11.9 Å². The van der Waals surface area contributed by atoms with Crippen molar-refractivity contribution in [1.29, 1.82) is 0 Å². The van der Waals surface area contributed by atoms with Crippen molar-refractivity contribution in [3.05, 3.63) is 28.8 Å². The Morgan fingerprint density at radius 1 is 1.25 bits per heavy atom. The Balaban J connectivity index is 2.22. The summed E-state index contributed by atoms with van der Waals surface area (Å²) in [4.78, 5) is 24.9. The second-order valence-corrected chi connectivity index (χ2v) is 5.99. The molecule has 1 N–H and O–H groups in total. The topological polar surface area (TPSA) is 66.8 Å². The molecular formula is C15H19NO4. The SMILES string of the molecule is CC(=O)c1ccc2c(c1O)CN(C(=O)OC(C)(C)C)C2. The van der Waals surface area contributed by atoms with E-state index in [1.54, 1.807) is 32.9 Å². The lowest BCUT2D eigenvalue weighted by Gasteiger charge is -2.24. The maximum atomic E-state index is 12.0. The number of phenolic OH excluding ortho intramolecular Hbond substituents is 1. The van der Waals surface area contributed by atoms with Crippen LogP contribution in [0.25, 0.3) is 0 Å². The number of amides is 1. The zero-order valence-electron chi connectivity index (χ0n) is 12.2. The first-order valence-electron chi connectivity index (χ1n) is 6.51. The highest BCUT2D eigenvalue weighted by molar-refractivity contribution is 5.97. The summed E-state index contributed by atoms with van der Waals surface area (Å²) in [5.41, 5.74) is 1.20. The number of aromatic hydroxyl groups is 1. The van der Waals surface area contributed by atoms with Gasteiger partial charge in [-0.1, -0.05) is 6.07 Å². The Labute approximate surface area is 118 Å². The molecule has 1 aromatic rings. The quantitative estimate of drug-likeness (QED) is 0.801. The van der Waals surface area contributed by atoms with E-state index in [1.807, 2.05) is 0 Å². The lowest BCUT2D eigenvalue weighted by atomic mass is 10.0. The third kappa shape index (κ3) is 2.76. The molecule has 0 aliphatic carbocycles. The molecule has 0 radical (unpaired) electrons. The van der Waals surface area contributed by atoms with Crippen molar-refractivity contribution in [3.8, 4) is 5.75 Å². The highest BCUT2D eigenvalue weighted by Crippen LogP contribution is 2.34. The lowest BCUT2D eigenvalue weighted by Crippen LogP contribution is -2.33. The van der Waals surface area contributed by atoms with E-state index in [0.717, 1.165) is 5.56 Å². The zero-order valence-corrected chi connectivity index (χ0v) is 12.2. The Morgan fingerprint density at radius 2 is 1.90 bits per heavy atom. The first-order chi connectivity index (χ1) is 9.19. The van der Waals surface area contributed by atoms with Gasteiger partial charge in [0.1, 0.15) is 11.4 Å². The molecule has 1 aromatic carbocycles. The van der Waals surface area contributed by atoms with Crippen LogP contribution in [0.1, 0.15) is 49.2 Å². The molecule has 0 saturated heterocycles. The Hall–Kier alpha value is -2.04. The van der Waals surface area contributed by atoms with Crippen LogP contribution in [0, 0.1) is 0 Å². The molecule has 0 fully saturated rings. The van der Waals surface area contributed by atoms with Crippen LogP contribution >= 0.6 is 0 Å². The van der Waals surface area contributed by atoms with Crippen LogP contribution in [0.4, 0.5) is 4.79 Å². The first kappa shape index (κ1) is 14.4. The van der Waals surface area contributed by atoms with Crippen molar-refractivity contribution in [2.45, 2.75) is 46.4 Å². The summed E-state index contributed by atoms with van der Waals surface area (Å²) >= 11 is 0. The summed E-state index contributed by atoms with van der Waals surface area (Å²) in [7, 11) is 0. The summed E-state index contributed by atoms with van der Waals surface area (Å²) < 4.78 is 5.31. The molecule has 2 rings (SSSR count). The smallest absolute Gasteiger partial charge is 0.410 e. The van der Waals surface area contributed by atoms with Gasteiger partial charge in [0, 0.05) is 12.1 Å². The second-order valence-electron chi connectivity index (χ2n) is 5.99. The van der Waals surface area contributed by atoms with E-state index >= 15 is 0 Å². The third-order valence-electron chi connectivity index (χ3n) is 3.12. The van der Waals surface area contributed by atoms with Gasteiger partial charge >= 0.3 is 6.09 Å². The summed E-state index contributed by atoms with van der Waals surface area (Å²) in [5, 5.41) is 10.1. The van der Waals surface area contributed by atoms with E-state index in [0.29, 0.717) is 12.1 Å². The average Bonchev–Trinajstić information content (AvgIpc) is 2.71. The van der Waals surface area contributed by atoms with Crippen LogP contribution in [0.15, 0.2) is 12.1 Å². The van der Waals surface area contributed by atoms with Gasteiger partial charge in [-0.3, -0.25) is 9.69 Å². The van der Waals surface area contributed by atoms with Gasteiger partial charge in [0.25, 0.3) is 0 Å². The minimum atomic E-state index is -0.557. The standard InChI is InChI=1S/C15H19NO4/c1-9(17)11-6-5-10-7-16(8-12(10)13(11)18)14(19)20-15(2,3)4/h5-6,18H,7-8H2,1-4H3. The number of benzene rings is 1. The van der Waals surface area contributed by atoms with Gasteiger partial charge in [0.2, 0.25) is 0 Å². The number of hydrogen-bond donors (Lipinski definition) is 1. The first-order valence-corrected chi connectivity index (χ1v) is 6.51. The number of phenols is 1. The van der Waals surface area contributed by atoms with Crippen LogP contribution in [0.3, 0.4) is 0 Å². The maximum Gasteiger partial charge on any atom is 0.410 e. The van der Waals surface area contributed by atoms with Crippen LogP contribution in [-0.4, -0.2) is 27.5 Å². The molecule has 5 nitrogen and oxygen atoms in total. The minimum Gasteiger partial charge on any atom is -0.507 e. The molecular weight excluding hydrogens is 258 g/mol. The van der Waals surface area contributed by atoms with Crippen LogP contribution in [-0.2, 0) is 17.8 Å². The highest BCUT2D eigenvalue weighted by Gasteiger charge is 2.30. The molecule has 0 saturated carbocycles. The van der Waals surface area contributed by atoms with Gasteiger partial charge in [-0.2, -0.15) is 0 Å². The molecule has 20 heavy (non-hydrogen) atoms. The molecule has 108 valence electrons. The summed E-state index contributed by atoms with van der Waals surface area (Å²) in [6, 6.07) is 3.37. The number of ether oxygens (including phenoxy) is 1. The van der Waals surface area contributed by atoms with Crippen molar-refractivity contribution in [1.82, 2.24) is 4.90 Å². The minimum absolute atomic E-state index is 0.0268. The Morgan fingerprint density at radius 3 is 2.45 bits per heavy atom. The van der Waals surface area contributed by atoms with Crippen molar-refractivity contribution in [2.24, 2.45) is 0 Å². The number of ketones is 1. The molecule has 0 atom stereocenters. The van der Waals surface area contributed by atoms with E-state index in [4.69, 9.17) is 4.74 Å². The Bertz CT molecular complexity index is 572. The molecule has 0 unspecified atom stereocenters. The largest absolute Gasteiger partial charge is 0.507 e. The second kappa shape index (κ2) is 4.81. The lowest BCUT2D eigenvalue weighted by molar-refractivity contribution is 0.0241. The van der Waals surface area contributed by atoms with Crippen LogP contribution < -0.4 is 0 Å². The molecule has 0 spiro atoms.